The minimum Gasteiger partial charge on any atom is -0.364 e. The van der Waals surface area contributed by atoms with Crippen LogP contribution in [0.5, 0.6) is 0 Å². The van der Waals surface area contributed by atoms with Crippen molar-refractivity contribution in [3.63, 3.8) is 0 Å². The summed E-state index contributed by atoms with van der Waals surface area (Å²) in [5.41, 5.74) is 2.52. The zero-order valence-corrected chi connectivity index (χ0v) is 6.48. The van der Waals surface area contributed by atoms with Crippen molar-refractivity contribution in [2.24, 2.45) is 0 Å². The van der Waals surface area contributed by atoms with Gasteiger partial charge in [-0.1, -0.05) is 11.8 Å². The van der Waals surface area contributed by atoms with E-state index in [1.54, 1.807) is 0 Å². The maximum absolute atomic E-state index is 3.22. The van der Waals surface area contributed by atoms with Crippen LogP contribution >= 0.6 is 0 Å². The lowest BCUT2D eigenvalue weighted by molar-refractivity contribution is 0.741. The number of aromatic nitrogens is 1. The van der Waals surface area contributed by atoms with Crippen LogP contribution in [0.4, 0.5) is 0 Å². The Kier molecular flexibility index (Phi) is 1.69. The van der Waals surface area contributed by atoms with Crippen LogP contribution in [0.1, 0.15) is 30.5 Å². The lowest BCUT2D eigenvalue weighted by Gasteiger charge is -2.00. The molecule has 0 amide bonds. The van der Waals surface area contributed by atoms with Gasteiger partial charge in [0.1, 0.15) is 0 Å². The van der Waals surface area contributed by atoms with Crippen molar-refractivity contribution in [1.82, 2.24) is 4.98 Å². The first-order valence-electron chi connectivity index (χ1n) is 4.12. The highest BCUT2D eigenvalue weighted by Crippen LogP contribution is 2.11. The molecule has 0 saturated carbocycles. The van der Waals surface area contributed by atoms with Crippen LogP contribution in [-0.4, -0.2) is 4.98 Å². The maximum Gasteiger partial charge on any atom is 0.0452 e. The van der Waals surface area contributed by atoms with E-state index in [4.69, 9.17) is 0 Å². The van der Waals surface area contributed by atoms with Gasteiger partial charge in [0.2, 0.25) is 0 Å². The third-order valence-corrected chi connectivity index (χ3v) is 2.03. The molecule has 0 radical (unpaired) electrons. The van der Waals surface area contributed by atoms with Gasteiger partial charge >= 0.3 is 0 Å². The molecule has 1 N–H and O–H groups in total. The number of rotatable bonds is 0. The van der Waals surface area contributed by atoms with Crippen molar-refractivity contribution in [1.29, 1.82) is 0 Å². The minimum absolute atomic E-state index is 1.06. The first-order valence-corrected chi connectivity index (χ1v) is 4.12. The molecule has 1 aromatic heterocycles. The molecule has 1 aliphatic rings. The lowest BCUT2D eigenvalue weighted by Crippen LogP contribution is -1.91. The fourth-order valence-electron chi connectivity index (χ4n) is 1.40. The second kappa shape index (κ2) is 2.84. The molecule has 56 valence electrons. The van der Waals surface area contributed by atoms with Gasteiger partial charge in [0.05, 0.1) is 0 Å². The summed E-state index contributed by atoms with van der Waals surface area (Å²) in [6, 6.07) is 2.06. The van der Waals surface area contributed by atoms with E-state index in [0.717, 1.165) is 12.8 Å². The standard InChI is InChI=1S/C10H11N/c1-2-4-6-10-9(5-3-1)7-8-11-10/h7-8,11H,1-2,4,6H2. The van der Waals surface area contributed by atoms with Gasteiger partial charge in [0, 0.05) is 23.9 Å². The van der Waals surface area contributed by atoms with Crippen LogP contribution in [0.25, 0.3) is 0 Å². The number of aryl methyl sites for hydroxylation is 1. The quantitative estimate of drug-likeness (QED) is 0.538. The van der Waals surface area contributed by atoms with Crippen LogP contribution in [0.3, 0.4) is 0 Å². The monoisotopic (exact) mass is 145 g/mol. The molecule has 1 aromatic rings. The van der Waals surface area contributed by atoms with Crippen LogP contribution in [0, 0.1) is 11.8 Å². The van der Waals surface area contributed by atoms with Gasteiger partial charge in [-0.3, -0.25) is 0 Å². The topological polar surface area (TPSA) is 15.8 Å². The molecule has 0 spiro atoms. The minimum atomic E-state index is 1.06. The van der Waals surface area contributed by atoms with Gasteiger partial charge in [-0.15, -0.1) is 0 Å². The van der Waals surface area contributed by atoms with Gasteiger partial charge < -0.3 is 4.98 Å². The SMILES string of the molecule is C1#Cc2cc[nH]c2CCCC1. The normalized spacial score (nSPS) is 15.6. The summed E-state index contributed by atoms with van der Waals surface area (Å²) >= 11 is 0. The van der Waals surface area contributed by atoms with Crippen molar-refractivity contribution in [3.05, 3.63) is 23.5 Å². The molecule has 1 aliphatic carbocycles. The highest BCUT2D eigenvalue weighted by atomic mass is 14.7. The van der Waals surface area contributed by atoms with Crippen molar-refractivity contribution >= 4 is 0 Å². The largest absolute Gasteiger partial charge is 0.364 e. The Morgan fingerprint density at radius 1 is 1.36 bits per heavy atom. The van der Waals surface area contributed by atoms with Crippen LogP contribution in [0.2, 0.25) is 0 Å². The first-order chi connectivity index (χ1) is 5.47. The van der Waals surface area contributed by atoms with Gasteiger partial charge in [-0.2, -0.15) is 0 Å². The van der Waals surface area contributed by atoms with Crippen molar-refractivity contribution in [3.8, 4) is 11.8 Å². The Morgan fingerprint density at radius 3 is 3.36 bits per heavy atom. The molecule has 1 heteroatoms. The third kappa shape index (κ3) is 1.30. The second-order valence-corrected chi connectivity index (χ2v) is 2.88. The van der Waals surface area contributed by atoms with E-state index in [0.29, 0.717) is 0 Å². The van der Waals surface area contributed by atoms with E-state index < -0.39 is 0 Å². The maximum atomic E-state index is 3.22. The molecule has 1 heterocycles. The molecular weight excluding hydrogens is 134 g/mol. The van der Waals surface area contributed by atoms with E-state index in [-0.39, 0.29) is 0 Å². The molecule has 1 nitrogen and oxygen atoms in total. The fraction of sp³-hybridized carbons (Fsp3) is 0.400. The predicted molar refractivity (Wildman–Crippen MR) is 45.2 cm³/mol. The van der Waals surface area contributed by atoms with E-state index in [1.165, 1.54) is 24.1 Å². The Bertz CT molecular complexity index is 298. The van der Waals surface area contributed by atoms with Gasteiger partial charge in [0.15, 0.2) is 0 Å². The smallest absolute Gasteiger partial charge is 0.0452 e. The number of H-pyrrole nitrogens is 1. The Hall–Kier alpha value is -1.16. The number of fused-ring (bicyclic) bond motifs is 1. The third-order valence-electron chi connectivity index (χ3n) is 2.03. The first kappa shape index (κ1) is 6.54. The van der Waals surface area contributed by atoms with Gasteiger partial charge in [0.25, 0.3) is 0 Å². The summed E-state index contributed by atoms with van der Waals surface area (Å²) < 4.78 is 0. The summed E-state index contributed by atoms with van der Waals surface area (Å²) in [7, 11) is 0. The number of hydrogen-bond donors (Lipinski definition) is 1. The molecule has 0 atom stereocenters. The van der Waals surface area contributed by atoms with Gasteiger partial charge in [-0.25, -0.2) is 0 Å². The Balaban J connectivity index is 2.37. The van der Waals surface area contributed by atoms with Crippen molar-refractivity contribution in [2.45, 2.75) is 25.7 Å². The zero-order valence-electron chi connectivity index (χ0n) is 6.48. The molecule has 2 rings (SSSR count). The Morgan fingerprint density at radius 2 is 2.36 bits per heavy atom. The number of nitrogens with one attached hydrogen (secondary N) is 1. The summed E-state index contributed by atoms with van der Waals surface area (Å²) in [5.74, 6) is 6.32. The lowest BCUT2D eigenvalue weighted by atomic mass is 10.1. The highest BCUT2D eigenvalue weighted by Gasteiger charge is 2.01. The van der Waals surface area contributed by atoms with E-state index in [1.807, 2.05) is 6.20 Å². The van der Waals surface area contributed by atoms with Crippen molar-refractivity contribution in [2.75, 3.05) is 0 Å². The summed E-state index contributed by atoms with van der Waals surface area (Å²) in [6.45, 7) is 0. The summed E-state index contributed by atoms with van der Waals surface area (Å²) in [6.07, 6.45) is 6.71. The van der Waals surface area contributed by atoms with Crippen LogP contribution in [0.15, 0.2) is 12.3 Å². The average Bonchev–Trinajstić information content (AvgIpc) is 2.35. The molecule has 0 aromatic carbocycles. The van der Waals surface area contributed by atoms with Crippen molar-refractivity contribution < 1.29 is 0 Å². The fourth-order valence-corrected chi connectivity index (χ4v) is 1.40. The highest BCUT2D eigenvalue weighted by molar-refractivity contribution is 5.38. The predicted octanol–water partition coefficient (Wildman–Crippen LogP) is 2.09. The molecule has 0 unspecified atom stereocenters. The number of hydrogen-bond acceptors (Lipinski definition) is 0. The van der Waals surface area contributed by atoms with E-state index in [2.05, 4.69) is 22.9 Å². The molecule has 0 fully saturated rings. The Labute approximate surface area is 66.8 Å². The zero-order chi connectivity index (χ0) is 7.52. The van der Waals surface area contributed by atoms with E-state index in [9.17, 15) is 0 Å². The molecule has 0 bridgehead atoms. The molecule has 11 heavy (non-hydrogen) atoms. The second-order valence-electron chi connectivity index (χ2n) is 2.88. The molecule has 0 aliphatic heterocycles. The van der Waals surface area contributed by atoms with Crippen LogP contribution in [-0.2, 0) is 6.42 Å². The summed E-state index contributed by atoms with van der Waals surface area (Å²) in [5, 5.41) is 0. The van der Waals surface area contributed by atoms with Gasteiger partial charge in [-0.05, 0) is 25.3 Å². The average molecular weight is 145 g/mol. The number of aromatic amines is 1. The molecular formula is C10H11N. The summed E-state index contributed by atoms with van der Waals surface area (Å²) in [4.78, 5) is 3.22. The molecule has 0 saturated heterocycles. The van der Waals surface area contributed by atoms with E-state index >= 15 is 0 Å². The van der Waals surface area contributed by atoms with Crippen LogP contribution < -0.4 is 0 Å².